The molecule has 1 aromatic carbocycles. The fourth-order valence-corrected chi connectivity index (χ4v) is 3.81. The van der Waals surface area contributed by atoms with E-state index >= 15 is 0 Å². The van der Waals surface area contributed by atoms with Gasteiger partial charge in [0.25, 0.3) is 11.8 Å². The van der Waals surface area contributed by atoms with Crippen LogP contribution >= 0.6 is 0 Å². The van der Waals surface area contributed by atoms with Crippen molar-refractivity contribution in [1.29, 1.82) is 5.26 Å². The highest BCUT2D eigenvalue weighted by molar-refractivity contribution is 6.19. The average Bonchev–Trinajstić information content (AvgIpc) is 2.67. The van der Waals surface area contributed by atoms with E-state index in [1.165, 1.54) is 4.90 Å². The molecule has 5 heteroatoms. The summed E-state index contributed by atoms with van der Waals surface area (Å²) in [5.41, 5.74) is 2.93. The predicted octanol–water partition coefficient (Wildman–Crippen LogP) is 3.68. The first-order valence-corrected chi connectivity index (χ1v) is 9.42. The Morgan fingerprint density at radius 1 is 1.07 bits per heavy atom. The van der Waals surface area contributed by atoms with Gasteiger partial charge in [-0.25, -0.2) is 0 Å². The Balaban J connectivity index is 2.01. The summed E-state index contributed by atoms with van der Waals surface area (Å²) in [5, 5.41) is 9.52. The standard InChI is InChI=1S/C22H25N3O2/c1-15-19(13-16-9-11-17(12-10-16)24(2)3)21(26)25(22(27)20(15)14-23)18-7-5-4-6-8-18/h9-13,18H,4-8H2,1-3H3/b19-13+. The lowest BCUT2D eigenvalue weighted by atomic mass is 9.88. The van der Waals surface area contributed by atoms with Crippen LogP contribution in [0.25, 0.3) is 6.08 Å². The molecule has 0 unspecified atom stereocenters. The normalized spacial score (nSPS) is 20.2. The van der Waals surface area contributed by atoms with Gasteiger partial charge in [-0.1, -0.05) is 31.4 Å². The van der Waals surface area contributed by atoms with E-state index in [4.69, 9.17) is 0 Å². The topological polar surface area (TPSA) is 64.4 Å². The second-order valence-corrected chi connectivity index (χ2v) is 7.43. The molecule has 27 heavy (non-hydrogen) atoms. The maximum absolute atomic E-state index is 13.2. The maximum Gasteiger partial charge on any atom is 0.271 e. The van der Waals surface area contributed by atoms with E-state index in [1.807, 2.05) is 49.3 Å². The van der Waals surface area contributed by atoms with Gasteiger partial charge < -0.3 is 4.90 Å². The third kappa shape index (κ3) is 3.66. The Bertz CT molecular complexity index is 851. The lowest BCUT2D eigenvalue weighted by Crippen LogP contribution is -2.49. The molecule has 0 bridgehead atoms. The second kappa shape index (κ2) is 7.79. The van der Waals surface area contributed by atoms with Crippen molar-refractivity contribution in [2.24, 2.45) is 0 Å². The molecule has 1 aliphatic carbocycles. The largest absolute Gasteiger partial charge is 0.378 e. The Morgan fingerprint density at radius 3 is 2.26 bits per heavy atom. The maximum atomic E-state index is 13.2. The minimum atomic E-state index is -0.438. The Kier molecular flexibility index (Phi) is 5.46. The van der Waals surface area contributed by atoms with Gasteiger partial charge in [0.15, 0.2) is 0 Å². The van der Waals surface area contributed by atoms with E-state index in [2.05, 4.69) is 0 Å². The van der Waals surface area contributed by atoms with Gasteiger partial charge in [-0.3, -0.25) is 14.5 Å². The van der Waals surface area contributed by atoms with Crippen molar-refractivity contribution in [1.82, 2.24) is 4.90 Å². The van der Waals surface area contributed by atoms with Crippen molar-refractivity contribution in [2.75, 3.05) is 19.0 Å². The third-order valence-electron chi connectivity index (χ3n) is 5.43. The quantitative estimate of drug-likeness (QED) is 0.607. The van der Waals surface area contributed by atoms with Crippen molar-refractivity contribution in [2.45, 2.75) is 45.1 Å². The van der Waals surface area contributed by atoms with E-state index in [0.717, 1.165) is 43.4 Å². The number of nitrogens with zero attached hydrogens (tertiary/aromatic N) is 3. The number of benzene rings is 1. The molecule has 0 atom stereocenters. The molecule has 0 spiro atoms. The molecule has 1 aromatic rings. The molecular formula is C22H25N3O2. The number of hydrogen-bond donors (Lipinski definition) is 0. The van der Waals surface area contributed by atoms with Crippen molar-refractivity contribution in [3.63, 3.8) is 0 Å². The predicted molar refractivity (Wildman–Crippen MR) is 106 cm³/mol. The molecule has 0 N–H and O–H groups in total. The first kappa shape index (κ1) is 18.9. The van der Waals surface area contributed by atoms with E-state index in [1.54, 1.807) is 13.0 Å². The van der Waals surface area contributed by atoms with Crippen LogP contribution in [0.4, 0.5) is 5.69 Å². The zero-order chi connectivity index (χ0) is 19.6. The Hall–Kier alpha value is -2.87. The van der Waals surface area contributed by atoms with Crippen LogP contribution in [0, 0.1) is 11.3 Å². The minimum Gasteiger partial charge on any atom is -0.378 e. The molecule has 0 saturated heterocycles. The molecule has 1 aliphatic heterocycles. The Labute approximate surface area is 160 Å². The van der Waals surface area contributed by atoms with E-state index in [-0.39, 0.29) is 17.5 Å². The molecule has 1 heterocycles. The molecule has 1 saturated carbocycles. The Morgan fingerprint density at radius 2 is 1.70 bits per heavy atom. The molecule has 5 nitrogen and oxygen atoms in total. The summed E-state index contributed by atoms with van der Waals surface area (Å²) < 4.78 is 0. The van der Waals surface area contributed by atoms with Gasteiger partial charge in [-0.2, -0.15) is 5.26 Å². The van der Waals surface area contributed by atoms with Crippen molar-refractivity contribution in [3.8, 4) is 6.07 Å². The highest BCUT2D eigenvalue weighted by Crippen LogP contribution is 2.32. The number of carbonyl (C=O) groups excluding carboxylic acids is 2. The molecule has 2 amide bonds. The van der Waals surface area contributed by atoms with Gasteiger partial charge in [-0.05, 0) is 49.1 Å². The van der Waals surface area contributed by atoms with Gasteiger partial charge >= 0.3 is 0 Å². The summed E-state index contributed by atoms with van der Waals surface area (Å²) in [7, 11) is 3.94. The van der Waals surface area contributed by atoms with Gasteiger partial charge in [0.05, 0.1) is 0 Å². The molecule has 140 valence electrons. The van der Waals surface area contributed by atoms with Crippen LogP contribution in [0.1, 0.15) is 44.6 Å². The van der Waals surface area contributed by atoms with E-state index in [9.17, 15) is 14.9 Å². The first-order valence-electron chi connectivity index (χ1n) is 9.42. The van der Waals surface area contributed by atoms with Gasteiger partial charge in [0, 0.05) is 31.4 Å². The fraction of sp³-hybridized carbons (Fsp3) is 0.409. The fourth-order valence-electron chi connectivity index (χ4n) is 3.81. The van der Waals surface area contributed by atoms with Gasteiger partial charge in [0.1, 0.15) is 11.6 Å². The lowest BCUT2D eigenvalue weighted by molar-refractivity contribution is -0.143. The van der Waals surface area contributed by atoms with Crippen LogP contribution in [0.15, 0.2) is 41.0 Å². The molecular weight excluding hydrogens is 338 g/mol. The van der Waals surface area contributed by atoms with Crippen LogP contribution in [-0.2, 0) is 9.59 Å². The lowest BCUT2D eigenvalue weighted by Gasteiger charge is -2.36. The van der Waals surface area contributed by atoms with Crippen LogP contribution in [0.5, 0.6) is 0 Å². The summed E-state index contributed by atoms with van der Waals surface area (Å²) in [5.74, 6) is -0.716. The summed E-state index contributed by atoms with van der Waals surface area (Å²) in [4.78, 5) is 29.3. The second-order valence-electron chi connectivity index (χ2n) is 7.43. The number of imide groups is 1. The number of rotatable bonds is 3. The molecule has 0 aromatic heterocycles. The zero-order valence-corrected chi connectivity index (χ0v) is 16.2. The van der Waals surface area contributed by atoms with Gasteiger partial charge in [0.2, 0.25) is 0 Å². The number of amides is 2. The number of nitriles is 1. The van der Waals surface area contributed by atoms with Crippen molar-refractivity contribution < 1.29 is 9.59 Å². The van der Waals surface area contributed by atoms with Crippen LogP contribution in [0.2, 0.25) is 0 Å². The number of hydrogen-bond acceptors (Lipinski definition) is 4. The molecule has 0 radical (unpaired) electrons. The minimum absolute atomic E-state index is 0.0799. The number of anilines is 1. The highest BCUT2D eigenvalue weighted by atomic mass is 16.2. The molecule has 2 aliphatic rings. The van der Waals surface area contributed by atoms with Crippen LogP contribution in [0.3, 0.4) is 0 Å². The van der Waals surface area contributed by atoms with Crippen molar-refractivity contribution >= 4 is 23.6 Å². The molecule has 3 rings (SSSR count). The third-order valence-corrected chi connectivity index (χ3v) is 5.43. The summed E-state index contributed by atoms with van der Waals surface area (Å²) in [6.45, 7) is 1.69. The van der Waals surface area contributed by atoms with E-state index < -0.39 is 5.91 Å². The molecule has 1 fully saturated rings. The summed E-state index contributed by atoms with van der Waals surface area (Å²) in [6, 6.07) is 9.76. The zero-order valence-electron chi connectivity index (χ0n) is 16.2. The van der Waals surface area contributed by atoms with Crippen LogP contribution in [-0.4, -0.2) is 36.9 Å². The highest BCUT2D eigenvalue weighted by Gasteiger charge is 2.39. The summed E-state index contributed by atoms with van der Waals surface area (Å²) >= 11 is 0. The van der Waals surface area contributed by atoms with E-state index in [0.29, 0.717) is 11.1 Å². The number of carbonyl (C=O) groups is 2. The smallest absolute Gasteiger partial charge is 0.271 e. The summed E-state index contributed by atoms with van der Waals surface area (Å²) in [6.07, 6.45) is 6.58. The van der Waals surface area contributed by atoms with Crippen molar-refractivity contribution in [3.05, 3.63) is 46.5 Å². The first-order chi connectivity index (χ1) is 12.9. The monoisotopic (exact) mass is 363 g/mol. The average molecular weight is 363 g/mol. The SMILES string of the molecule is CC1=C(C#N)C(=O)N(C2CCCCC2)C(=O)/C1=C/c1ccc(N(C)C)cc1. The van der Waals surface area contributed by atoms with Crippen LogP contribution < -0.4 is 4.90 Å². The van der Waals surface area contributed by atoms with Gasteiger partial charge in [-0.15, -0.1) is 0 Å².